The third-order valence-electron chi connectivity index (χ3n) is 4.19. The molecule has 0 aliphatic carbocycles. The maximum atomic E-state index is 12.2. The molecule has 1 amide bonds. The standard InChI is InChI=1S/C18H28N2O2/c1-19-15-17-9-5-12-20(17)18(21)10-6-13-22-14-11-16-7-3-2-4-8-16/h2-4,7-8,17,19H,5-6,9-15H2,1H3. The van der Waals surface area contributed by atoms with Crippen molar-refractivity contribution < 1.29 is 9.53 Å². The number of carbonyl (C=O) groups is 1. The highest BCUT2D eigenvalue weighted by molar-refractivity contribution is 5.76. The van der Waals surface area contributed by atoms with Gasteiger partial charge in [-0.2, -0.15) is 0 Å². The highest BCUT2D eigenvalue weighted by Crippen LogP contribution is 2.18. The Balaban J connectivity index is 1.55. The molecule has 2 rings (SSSR count). The van der Waals surface area contributed by atoms with Crippen LogP contribution in [0, 0.1) is 0 Å². The van der Waals surface area contributed by atoms with Crippen molar-refractivity contribution in [3.63, 3.8) is 0 Å². The molecule has 1 atom stereocenters. The number of carbonyl (C=O) groups excluding carboxylic acids is 1. The number of hydrogen-bond donors (Lipinski definition) is 1. The molecule has 1 saturated heterocycles. The average Bonchev–Trinajstić information content (AvgIpc) is 3.00. The zero-order valence-corrected chi connectivity index (χ0v) is 13.6. The zero-order valence-electron chi connectivity index (χ0n) is 13.6. The second-order valence-electron chi connectivity index (χ2n) is 5.89. The Kier molecular flexibility index (Phi) is 7.40. The minimum atomic E-state index is 0.282. The third-order valence-corrected chi connectivity index (χ3v) is 4.19. The van der Waals surface area contributed by atoms with Crippen LogP contribution in [0.1, 0.15) is 31.2 Å². The molecule has 0 radical (unpaired) electrons. The lowest BCUT2D eigenvalue weighted by molar-refractivity contribution is -0.132. The predicted molar refractivity (Wildman–Crippen MR) is 88.9 cm³/mol. The number of amides is 1. The van der Waals surface area contributed by atoms with E-state index in [1.54, 1.807) is 0 Å². The van der Waals surface area contributed by atoms with Crippen molar-refractivity contribution in [2.75, 3.05) is 33.4 Å². The number of likely N-dealkylation sites (tertiary alicyclic amines) is 1. The van der Waals surface area contributed by atoms with Crippen LogP contribution >= 0.6 is 0 Å². The van der Waals surface area contributed by atoms with Crippen LogP contribution in [0.4, 0.5) is 0 Å². The van der Waals surface area contributed by atoms with E-state index in [-0.39, 0.29) is 5.91 Å². The van der Waals surface area contributed by atoms with E-state index in [4.69, 9.17) is 4.74 Å². The molecule has 1 heterocycles. The number of nitrogens with one attached hydrogen (secondary N) is 1. The number of hydrogen-bond acceptors (Lipinski definition) is 3. The first-order valence-corrected chi connectivity index (χ1v) is 8.37. The van der Waals surface area contributed by atoms with Crippen molar-refractivity contribution >= 4 is 5.91 Å². The Hall–Kier alpha value is -1.39. The maximum absolute atomic E-state index is 12.2. The van der Waals surface area contributed by atoms with Gasteiger partial charge in [0.05, 0.1) is 6.61 Å². The van der Waals surface area contributed by atoms with E-state index in [9.17, 15) is 4.79 Å². The van der Waals surface area contributed by atoms with Gasteiger partial charge in [0.25, 0.3) is 0 Å². The summed E-state index contributed by atoms with van der Waals surface area (Å²) in [5.41, 5.74) is 1.30. The summed E-state index contributed by atoms with van der Waals surface area (Å²) in [7, 11) is 1.95. The van der Waals surface area contributed by atoms with Gasteiger partial charge in [0.2, 0.25) is 5.91 Å². The average molecular weight is 304 g/mol. The van der Waals surface area contributed by atoms with Gasteiger partial charge in [-0.05, 0) is 38.3 Å². The smallest absolute Gasteiger partial charge is 0.222 e. The number of rotatable bonds is 9. The first kappa shape index (κ1) is 17.0. The van der Waals surface area contributed by atoms with Crippen LogP contribution in [0.15, 0.2) is 30.3 Å². The summed E-state index contributed by atoms with van der Waals surface area (Å²) in [5.74, 6) is 0.282. The Labute approximate surface area is 133 Å². The van der Waals surface area contributed by atoms with Crippen molar-refractivity contribution in [2.24, 2.45) is 0 Å². The molecule has 1 unspecified atom stereocenters. The molecule has 0 saturated carbocycles. The van der Waals surface area contributed by atoms with E-state index < -0.39 is 0 Å². The third kappa shape index (κ3) is 5.43. The SMILES string of the molecule is CNCC1CCCN1C(=O)CCCOCCc1ccccc1. The van der Waals surface area contributed by atoms with Crippen molar-refractivity contribution in [1.82, 2.24) is 10.2 Å². The fourth-order valence-electron chi connectivity index (χ4n) is 3.02. The van der Waals surface area contributed by atoms with Gasteiger partial charge in [-0.1, -0.05) is 30.3 Å². The van der Waals surface area contributed by atoms with E-state index >= 15 is 0 Å². The molecule has 1 aromatic rings. The topological polar surface area (TPSA) is 41.6 Å². The molecule has 1 fully saturated rings. The lowest BCUT2D eigenvalue weighted by Crippen LogP contribution is -2.40. The Bertz CT molecular complexity index is 436. The van der Waals surface area contributed by atoms with Gasteiger partial charge < -0.3 is 15.0 Å². The fraction of sp³-hybridized carbons (Fsp3) is 0.611. The molecular formula is C18H28N2O2. The molecule has 122 valence electrons. The highest BCUT2D eigenvalue weighted by Gasteiger charge is 2.27. The van der Waals surface area contributed by atoms with Crippen LogP contribution in [-0.2, 0) is 16.0 Å². The quantitative estimate of drug-likeness (QED) is 0.711. The fourth-order valence-corrected chi connectivity index (χ4v) is 3.02. The Morgan fingerprint density at radius 3 is 2.91 bits per heavy atom. The number of likely N-dealkylation sites (N-methyl/N-ethyl adjacent to an activating group) is 1. The summed E-state index contributed by atoms with van der Waals surface area (Å²) in [4.78, 5) is 14.3. The molecule has 1 aliphatic rings. The minimum Gasteiger partial charge on any atom is -0.381 e. The summed E-state index contributed by atoms with van der Waals surface area (Å²) in [6.07, 6.45) is 4.61. The number of benzene rings is 1. The van der Waals surface area contributed by atoms with E-state index in [0.717, 1.165) is 45.4 Å². The lowest BCUT2D eigenvalue weighted by Gasteiger charge is -2.24. The van der Waals surface area contributed by atoms with Gasteiger partial charge in [-0.25, -0.2) is 0 Å². The van der Waals surface area contributed by atoms with E-state index in [2.05, 4.69) is 17.4 Å². The van der Waals surface area contributed by atoms with Crippen LogP contribution in [-0.4, -0.2) is 50.2 Å². The highest BCUT2D eigenvalue weighted by atomic mass is 16.5. The zero-order chi connectivity index (χ0) is 15.6. The monoisotopic (exact) mass is 304 g/mol. The van der Waals surface area contributed by atoms with Crippen LogP contribution in [0.2, 0.25) is 0 Å². The summed E-state index contributed by atoms with van der Waals surface area (Å²) in [6.45, 7) is 3.22. The first-order valence-electron chi connectivity index (χ1n) is 8.37. The largest absolute Gasteiger partial charge is 0.381 e. The summed E-state index contributed by atoms with van der Waals surface area (Å²) in [5, 5.41) is 3.18. The number of nitrogens with zero attached hydrogens (tertiary/aromatic N) is 1. The summed E-state index contributed by atoms with van der Waals surface area (Å²) >= 11 is 0. The van der Waals surface area contributed by atoms with Crippen LogP contribution in [0.5, 0.6) is 0 Å². The molecule has 0 aromatic heterocycles. The van der Waals surface area contributed by atoms with Gasteiger partial charge in [0.1, 0.15) is 0 Å². The molecule has 1 aliphatic heterocycles. The predicted octanol–water partition coefficient (Wildman–Crippen LogP) is 2.24. The maximum Gasteiger partial charge on any atom is 0.222 e. The summed E-state index contributed by atoms with van der Waals surface area (Å²) < 4.78 is 5.64. The van der Waals surface area contributed by atoms with Gasteiger partial charge >= 0.3 is 0 Å². The second-order valence-corrected chi connectivity index (χ2v) is 5.89. The van der Waals surface area contributed by atoms with E-state index in [1.807, 2.05) is 30.1 Å². The molecule has 0 spiro atoms. The van der Waals surface area contributed by atoms with Crippen molar-refractivity contribution in [2.45, 2.75) is 38.1 Å². The van der Waals surface area contributed by atoms with E-state index in [0.29, 0.717) is 19.1 Å². The molecule has 4 nitrogen and oxygen atoms in total. The molecule has 1 aromatic carbocycles. The molecule has 1 N–H and O–H groups in total. The van der Waals surface area contributed by atoms with Crippen LogP contribution in [0.3, 0.4) is 0 Å². The Morgan fingerprint density at radius 1 is 1.32 bits per heavy atom. The van der Waals surface area contributed by atoms with Gasteiger partial charge in [-0.15, -0.1) is 0 Å². The molecule has 22 heavy (non-hydrogen) atoms. The molecule has 4 heteroatoms. The Morgan fingerprint density at radius 2 is 2.14 bits per heavy atom. The normalized spacial score (nSPS) is 17.9. The lowest BCUT2D eigenvalue weighted by atomic mass is 10.2. The van der Waals surface area contributed by atoms with Crippen LogP contribution in [0.25, 0.3) is 0 Å². The summed E-state index contributed by atoms with van der Waals surface area (Å²) in [6, 6.07) is 10.7. The van der Waals surface area contributed by atoms with Gasteiger partial charge in [-0.3, -0.25) is 4.79 Å². The van der Waals surface area contributed by atoms with Crippen molar-refractivity contribution in [3.8, 4) is 0 Å². The second kappa shape index (κ2) is 9.59. The number of ether oxygens (including phenoxy) is 1. The first-order chi connectivity index (χ1) is 10.8. The van der Waals surface area contributed by atoms with Crippen molar-refractivity contribution in [3.05, 3.63) is 35.9 Å². The van der Waals surface area contributed by atoms with Gasteiger partial charge in [0.15, 0.2) is 0 Å². The van der Waals surface area contributed by atoms with Crippen molar-refractivity contribution in [1.29, 1.82) is 0 Å². The van der Waals surface area contributed by atoms with Crippen LogP contribution < -0.4 is 5.32 Å². The molecule has 0 bridgehead atoms. The van der Waals surface area contributed by atoms with E-state index in [1.165, 1.54) is 5.56 Å². The van der Waals surface area contributed by atoms with Gasteiger partial charge in [0, 0.05) is 32.2 Å². The molecular weight excluding hydrogens is 276 g/mol. The minimum absolute atomic E-state index is 0.282.